The molecule has 5 heteroatoms. The number of H-pyrrole nitrogens is 1. The Hall–Kier alpha value is -2.75. The number of aromatic amines is 1. The van der Waals surface area contributed by atoms with Gasteiger partial charge in [0.2, 0.25) is 0 Å². The Balaban J connectivity index is 1.62. The number of benzene rings is 3. The van der Waals surface area contributed by atoms with Crippen molar-refractivity contribution in [3.8, 4) is 0 Å². The third-order valence-corrected chi connectivity index (χ3v) is 6.55. The minimum absolute atomic E-state index is 0.0204. The third-order valence-electron chi connectivity index (χ3n) is 5.96. The lowest BCUT2D eigenvalue weighted by Crippen LogP contribution is -2.32. The Morgan fingerprint density at radius 1 is 0.879 bits per heavy atom. The van der Waals surface area contributed by atoms with Gasteiger partial charge in [-0.05, 0) is 58.9 Å². The van der Waals surface area contributed by atoms with Crippen molar-refractivity contribution < 1.29 is 4.79 Å². The molecule has 0 atom stereocenters. The molecular formula is C28H28Cl2N2O. The van der Waals surface area contributed by atoms with Gasteiger partial charge in [-0.15, -0.1) is 0 Å². The van der Waals surface area contributed by atoms with Crippen molar-refractivity contribution in [1.82, 2.24) is 9.88 Å². The molecule has 4 aromatic rings. The number of fused-ring (bicyclic) bond motifs is 1. The van der Waals surface area contributed by atoms with Crippen LogP contribution in [0.1, 0.15) is 47.8 Å². The summed E-state index contributed by atoms with van der Waals surface area (Å²) in [6, 6.07) is 21.8. The zero-order chi connectivity index (χ0) is 23.6. The maximum absolute atomic E-state index is 13.7. The van der Waals surface area contributed by atoms with E-state index in [1.165, 1.54) is 5.56 Å². The average molecular weight is 479 g/mol. The van der Waals surface area contributed by atoms with Gasteiger partial charge in [0, 0.05) is 34.7 Å². The molecule has 4 rings (SSSR count). The second-order valence-electron chi connectivity index (χ2n) is 9.41. The fraction of sp³-hybridized carbons (Fsp3) is 0.250. The highest BCUT2D eigenvalue weighted by molar-refractivity contribution is 6.36. The van der Waals surface area contributed by atoms with Crippen LogP contribution in [-0.2, 0) is 18.4 Å². The molecule has 0 aliphatic carbocycles. The van der Waals surface area contributed by atoms with Gasteiger partial charge >= 0.3 is 0 Å². The van der Waals surface area contributed by atoms with Gasteiger partial charge in [-0.3, -0.25) is 4.79 Å². The standard InChI is InChI=1S/C28H28Cl2N2O/c1-28(2,3)21-8-4-20(5-9-21)18-32(17-15-19-6-10-22(29)11-7-19)27(33)24-12-13-25(30)23-14-16-31-26(23)24/h4-14,16,31H,15,17-18H2,1-3H3. The largest absolute Gasteiger partial charge is 0.360 e. The number of rotatable bonds is 6. The number of carbonyl (C=O) groups excluding carboxylic acids is 1. The Bertz CT molecular complexity index is 1250. The number of amides is 1. The SMILES string of the molecule is CC(C)(C)c1ccc(CN(CCc2ccc(Cl)cc2)C(=O)c2ccc(Cl)c3cc[nH]c23)cc1. The summed E-state index contributed by atoms with van der Waals surface area (Å²) in [5, 5.41) is 2.20. The van der Waals surface area contributed by atoms with E-state index >= 15 is 0 Å². The first-order valence-electron chi connectivity index (χ1n) is 11.1. The molecule has 1 heterocycles. The first-order chi connectivity index (χ1) is 15.7. The predicted molar refractivity (Wildman–Crippen MR) is 138 cm³/mol. The summed E-state index contributed by atoms with van der Waals surface area (Å²) in [5.74, 6) is -0.0204. The summed E-state index contributed by atoms with van der Waals surface area (Å²) in [6.07, 6.45) is 2.56. The highest BCUT2D eigenvalue weighted by Crippen LogP contribution is 2.27. The van der Waals surface area contributed by atoms with Gasteiger partial charge in [0.05, 0.1) is 11.1 Å². The molecule has 0 saturated carbocycles. The monoisotopic (exact) mass is 478 g/mol. The van der Waals surface area contributed by atoms with Crippen LogP contribution in [0.5, 0.6) is 0 Å². The second-order valence-corrected chi connectivity index (χ2v) is 10.3. The molecular weight excluding hydrogens is 451 g/mol. The lowest BCUT2D eigenvalue weighted by molar-refractivity contribution is 0.0747. The summed E-state index contributed by atoms with van der Waals surface area (Å²) in [4.78, 5) is 18.8. The van der Waals surface area contributed by atoms with E-state index in [0.29, 0.717) is 28.7 Å². The van der Waals surface area contributed by atoms with Gasteiger partial charge in [-0.1, -0.05) is 80.4 Å². The summed E-state index contributed by atoms with van der Waals surface area (Å²) in [6.45, 7) is 7.72. The third kappa shape index (κ3) is 5.43. The summed E-state index contributed by atoms with van der Waals surface area (Å²) in [5.41, 5.74) is 5.00. The minimum atomic E-state index is -0.0204. The summed E-state index contributed by atoms with van der Waals surface area (Å²) in [7, 11) is 0. The van der Waals surface area contributed by atoms with Crippen LogP contribution in [0.4, 0.5) is 0 Å². The lowest BCUT2D eigenvalue weighted by Gasteiger charge is -2.25. The van der Waals surface area contributed by atoms with E-state index in [-0.39, 0.29) is 11.3 Å². The number of halogens is 2. The van der Waals surface area contributed by atoms with Crippen molar-refractivity contribution in [2.75, 3.05) is 6.54 Å². The minimum Gasteiger partial charge on any atom is -0.360 e. The van der Waals surface area contributed by atoms with E-state index in [1.54, 1.807) is 6.07 Å². The van der Waals surface area contributed by atoms with Crippen LogP contribution < -0.4 is 0 Å². The van der Waals surface area contributed by atoms with Crippen LogP contribution in [0.25, 0.3) is 10.9 Å². The first-order valence-corrected chi connectivity index (χ1v) is 11.9. The molecule has 1 N–H and O–H groups in total. The van der Waals surface area contributed by atoms with Gasteiger partial charge < -0.3 is 9.88 Å². The van der Waals surface area contributed by atoms with Crippen molar-refractivity contribution in [3.63, 3.8) is 0 Å². The number of carbonyl (C=O) groups is 1. The fourth-order valence-corrected chi connectivity index (χ4v) is 4.31. The van der Waals surface area contributed by atoms with Crippen LogP contribution in [0.15, 0.2) is 72.9 Å². The Kier molecular flexibility index (Phi) is 6.83. The Morgan fingerprint density at radius 3 is 2.21 bits per heavy atom. The van der Waals surface area contributed by atoms with Crippen LogP contribution in [0, 0.1) is 0 Å². The number of nitrogens with zero attached hydrogens (tertiary/aromatic N) is 1. The zero-order valence-electron chi connectivity index (χ0n) is 19.2. The number of hydrogen-bond acceptors (Lipinski definition) is 1. The predicted octanol–water partition coefficient (Wildman–Crippen LogP) is 7.66. The molecule has 1 aromatic heterocycles. The maximum atomic E-state index is 13.7. The van der Waals surface area contributed by atoms with Gasteiger partial charge in [-0.25, -0.2) is 0 Å². The molecule has 0 radical (unpaired) electrons. The van der Waals surface area contributed by atoms with E-state index in [4.69, 9.17) is 23.2 Å². The van der Waals surface area contributed by atoms with E-state index in [2.05, 4.69) is 50.0 Å². The van der Waals surface area contributed by atoms with Gasteiger partial charge in [-0.2, -0.15) is 0 Å². The topological polar surface area (TPSA) is 36.1 Å². The molecule has 170 valence electrons. The first kappa shape index (κ1) is 23.4. The Morgan fingerprint density at radius 2 is 1.55 bits per heavy atom. The summed E-state index contributed by atoms with van der Waals surface area (Å²) < 4.78 is 0. The smallest absolute Gasteiger partial charge is 0.256 e. The molecule has 0 unspecified atom stereocenters. The van der Waals surface area contributed by atoms with Gasteiger partial charge in [0.15, 0.2) is 0 Å². The molecule has 3 aromatic carbocycles. The maximum Gasteiger partial charge on any atom is 0.256 e. The highest BCUT2D eigenvalue weighted by atomic mass is 35.5. The van der Waals surface area contributed by atoms with Crippen LogP contribution in [0.3, 0.4) is 0 Å². The average Bonchev–Trinajstić information content (AvgIpc) is 3.28. The molecule has 0 spiro atoms. The van der Waals surface area contributed by atoms with Crippen LogP contribution in [0.2, 0.25) is 10.0 Å². The second kappa shape index (κ2) is 9.62. The molecule has 0 aliphatic heterocycles. The van der Waals surface area contributed by atoms with E-state index in [9.17, 15) is 4.79 Å². The number of hydrogen-bond donors (Lipinski definition) is 1. The highest BCUT2D eigenvalue weighted by Gasteiger charge is 2.21. The van der Waals surface area contributed by atoms with E-state index < -0.39 is 0 Å². The normalized spacial score (nSPS) is 11.7. The molecule has 3 nitrogen and oxygen atoms in total. The number of nitrogens with one attached hydrogen (secondary N) is 1. The van der Waals surface area contributed by atoms with Crippen molar-refractivity contribution in [2.24, 2.45) is 0 Å². The van der Waals surface area contributed by atoms with Gasteiger partial charge in [0.1, 0.15) is 0 Å². The quantitative estimate of drug-likeness (QED) is 0.303. The summed E-state index contributed by atoms with van der Waals surface area (Å²) >= 11 is 12.4. The fourth-order valence-electron chi connectivity index (χ4n) is 3.97. The molecule has 0 fully saturated rings. The zero-order valence-corrected chi connectivity index (χ0v) is 20.7. The van der Waals surface area contributed by atoms with Crippen molar-refractivity contribution in [3.05, 3.63) is 105 Å². The molecule has 0 bridgehead atoms. The van der Waals surface area contributed by atoms with Crippen LogP contribution in [-0.4, -0.2) is 22.3 Å². The van der Waals surface area contributed by atoms with Gasteiger partial charge in [0.25, 0.3) is 5.91 Å². The van der Waals surface area contributed by atoms with E-state index in [1.807, 2.05) is 47.5 Å². The molecule has 33 heavy (non-hydrogen) atoms. The van der Waals surface area contributed by atoms with Crippen molar-refractivity contribution >= 4 is 40.0 Å². The molecule has 1 amide bonds. The van der Waals surface area contributed by atoms with Crippen molar-refractivity contribution in [2.45, 2.75) is 39.2 Å². The Labute approximate surface area is 205 Å². The van der Waals surface area contributed by atoms with E-state index in [0.717, 1.165) is 28.5 Å². The number of aromatic nitrogens is 1. The molecule has 0 aliphatic rings. The van der Waals surface area contributed by atoms with Crippen LogP contribution >= 0.6 is 23.2 Å². The molecule has 0 saturated heterocycles. The lowest BCUT2D eigenvalue weighted by atomic mass is 9.87. The van der Waals surface area contributed by atoms with Crippen molar-refractivity contribution in [1.29, 1.82) is 0 Å².